The van der Waals surface area contributed by atoms with E-state index >= 15 is 0 Å². The average molecular weight is 347 g/mol. The molecule has 0 aromatic heterocycles. The van der Waals surface area contributed by atoms with Crippen molar-refractivity contribution in [1.82, 2.24) is 0 Å². The molecule has 0 aliphatic heterocycles. The summed E-state index contributed by atoms with van der Waals surface area (Å²) in [6, 6.07) is 0. The van der Waals surface area contributed by atoms with Crippen LogP contribution in [0.25, 0.3) is 0 Å². The van der Waals surface area contributed by atoms with Crippen LogP contribution in [0.3, 0.4) is 0 Å². The Hall–Kier alpha value is -0.482. The number of rotatable bonds is 3. The van der Waals surface area contributed by atoms with Gasteiger partial charge in [0.05, 0.1) is 0 Å². The normalized spacial score (nSPS) is 8.08. The zero-order valence-electron chi connectivity index (χ0n) is 8.84. The van der Waals surface area contributed by atoms with Gasteiger partial charge in [0, 0.05) is 0 Å². The van der Waals surface area contributed by atoms with Gasteiger partial charge in [0.15, 0.2) is 0 Å². The van der Waals surface area contributed by atoms with Crippen LogP contribution in [0.4, 0.5) is 0 Å². The average Bonchev–Trinajstić information content (AvgIpc) is 2.25. The molecule has 0 radical (unpaired) electrons. The molecule has 0 aliphatic carbocycles. The molecule has 0 aromatic rings. The smallest absolute Gasteiger partial charge is 0.0683 e. The van der Waals surface area contributed by atoms with Crippen molar-refractivity contribution in [2.24, 2.45) is 0 Å². The second kappa shape index (κ2) is 17.6. The maximum absolute atomic E-state index is 4.25. The molecule has 0 unspecified atom stereocenters. The summed E-state index contributed by atoms with van der Waals surface area (Å²) in [4.78, 5) is 0. The molecule has 0 aromatic carbocycles. The van der Waals surface area contributed by atoms with Crippen LogP contribution in [0.1, 0.15) is 20.8 Å². The monoisotopic (exact) mass is 347 g/mol. The molecular formula is C12H19W-. The first-order valence-corrected chi connectivity index (χ1v) is 5.59. The Morgan fingerprint density at radius 2 is 1.54 bits per heavy atom. The molecule has 0 heterocycles. The predicted molar refractivity (Wildman–Crippen MR) is 60.4 cm³/mol. The minimum atomic E-state index is 1.19. The minimum Gasteiger partial charge on any atom is -0.521 e. The van der Waals surface area contributed by atoms with E-state index < -0.39 is 0 Å². The summed E-state index contributed by atoms with van der Waals surface area (Å²) in [5, 5.41) is 0. The first-order valence-electron chi connectivity index (χ1n) is 4.12. The van der Waals surface area contributed by atoms with E-state index in [1.54, 1.807) is 0 Å². The van der Waals surface area contributed by atoms with E-state index in [4.69, 9.17) is 0 Å². The zero-order chi connectivity index (χ0) is 11.3. The van der Waals surface area contributed by atoms with E-state index in [1.807, 2.05) is 39.0 Å². The van der Waals surface area contributed by atoms with Crippen molar-refractivity contribution in [3.63, 3.8) is 0 Å². The van der Waals surface area contributed by atoms with Gasteiger partial charge in [0.25, 0.3) is 0 Å². The fraction of sp³-hybridized carbons (Fsp3) is 0.250. The van der Waals surface area contributed by atoms with Gasteiger partial charge in [-0.3, -0.25) is 6.58 Å². The topological polar surface area (TPSA) is 0 Å². The third-order valence-electron chi connectivity index (χ3n) is 1.00. The van der Waals surface area contributed by atoms with Crippen molar-refractivity contribution in [1.29, 1.82) is 0 Å². The Morgan fingerprint density at radius 3 is 1.62 bits per heavy atom. The van der Waals surface area contributed by atoms with Crippen LogP contribution in [0.2, 0.25) is 0 Å². The van der Waals surface area contributed by atoms with Gasteiger partial charge in [-0.1, -0.05) is 13.8 Å². The van der Waals surface area contributed by atoms with Gasteiger partial charge < -0.3 is 6.58 Å². The van der Waals surface area contributed by atoms with Crippen LogP contribution >= 0.6 is 0 Å². The van der Waals surface area contributed by atoms with Crippen molar-refractivity contribution in [2.45, 2.75) is 20.8 Å². The SMILES string of the molecule is C=C[C](=[W])/C(C=C)=C\C.CC.[CH-]=C. The Morgan fingerprint density at radius 1 is 1.15 bits per heavy atom. The molecular weight excluding hydrogens is 328 g/mol. The molecule has 0 nitrogen and oxygen atoms in total. The van der Waals surface area contributed by atoms with Gasteiger partial charge in [-0.15, -0.1) is 0 Å². The summed E-state index contributed by atoms with van der Waals surface area (Å²) < 4.78 is 1.26. The molecule has 0 aliphatic rings. The molecule has 0 fully saturated rings. The second-order valence-electron chi connectivity index (χ2n) is 1.52. The van der Waals surface area contributed by atoms with Crippen molar-refractivity contribution in [2.75, 3.05) is 0 Å². The standard InChI is InChI=1S/C8H10.C2H6.C2H3.W/c1-4-7-8(5-2)6-3;2*1-2;/h4-6H,1-2H2,3H3;1-2H3;1H,2H2;/q;;-1;/b8-6-;;;. The quantitative estimate of drug-likeness (QED) is 0.540. The molecule has 0 bridgehead atoms. The van der Waals surface area contributed by atoms with Gasteiger partial charge in [-0.25, -0.2) is 0 Å². The van der Waals surface area contributed by atoms with E-state index in [-0.39, 0.29) is 0 Å². The van der Waals surface area contributed by atoms with Crippen LogP contribution in [0, 0.1) is 6.58 Å². The molecule has 0 N–H and O–H groups in total. The Balaban J connectivity index is -0.000000218. The predicted octanol–water partition coefficient (Wildman–Crippen LogP) is 3.66. The third kappa shape index (κ3) is 11.5. The number of hydrogen-bond donors (Lipinski definition) is 0. The Bertz CT molecular complexity index is 176. The number of hydrogen-bond acceptors (Lipinski definition) is 0. The minimum absolute atomic E-state index is 1.19. The second-order valence-corrected chi connectivity index (χ2v) is 3.10. The summed E-state index contributed by atoms with van der Waals surface area (Å²) in [7, 11) is 0. The van der Waals surface area contributed by atoms with E-state index in [0.717, 1.165) is 0 Å². The van der Waals surface area contributed by atoms with E-state index in [1.165, 1.54) is 28.8 Å². The molecule has 0 atom stereocenters. The molecule has 0 saturated heterocycles. The summed E-state index contributed by atoms with van der Waals surface area (Å²) in [6.07, 6.45) is 5.76. The summed E-state index contributed by atoms with van der Waals surface area (Å²) >= 11 is 1.44. The van der Waals surface area contributed by atoms with Crippen molar-refractivity contribution in [3.8, 4) is 0 Å². The van der Waals surface area contributed by atoms with E-state index in [0.29, 0.717) is 0 Å². The fourth-order valence-electron chi connectivity index (χ4n) is 0.479. The van der Waals surface area contributed by atoms with Gasteiger partial charge in [-0.2, -0.15) is 0 Å². The van der Waals surface area contributed by atoms with Crippen LogP contribution in [0.5, 0.6) is 0 Å². The maximum Gasteiger partial charge on any atom is -0.0683 e. The van der Waals surface area contributed by atoms with Gasteiger partial charge >= 0.3 is 67.1 Å². The van der Waals surface area contributed by atoms with E-state index in [2.05, 4.69) is 26.3 Å². The summed E-state index contributed by atoms with van der Waals surface area (Å²) in [5.74, 6) is 0. The fourth-order valence-corrected chi connectivity index (χ4v) is 1.20. The molecule has 0 spiro atoms. The molecule has 0 amide bonds. The molecule has 0 rings (SSSR count). The van der Waals surface area contributed by atoms with Crippen LogP contribution in [0.15, 0.2) is 43.5 Å². The molecule has 1 heteroatoms. The number of allylic oxidation sites excluding steroid dienone is 4. The summed E-state index contributed by atoms with van der Waals surface area (Å²) in [5.41, 5.74) is 1.19. The van der Waals surface area contributed by atoms with Gasteiger partial charge in [0.2, 0.25) is 0 Å². The largest absolute Gasteiger partial charge is 0.521 e. The third-order valence-corrected chi connectivity index (χ3v) is 2.45. The maximum atomic E-state index is 4.25. The first-order chi connectivity index (χ1) is 6.26. The van der Waals surface area contributed by atoms with E-state index in [9.17, 15) is 0 Å². The Labute approximate surface area is 94.2 Å². The van der Waals surface area contributed by atoms with Crippen molar-refractivity contribution in [3.05, 3.63) is 50.1 Å². The van der Waals surface area contributed by atoms with Crippen LogP contribution in [-0.2, 0) is 19.4 Å². The van der Waals surface area contributed by atoms with Crippen LogP contribution < -0.4 is 0 Å². The van der Waals surface area contributed by atoms with Crippen molar-refractivity contribution < 1.29 is 19.4 Å². The summed E-state index contributed by atoms with van der Waals surface area (Å²) in [6.45, 7) is 20.4. The molecule has 74 valence electrons. The zero-order valence-corrected chi connectivity index (χ0v) is 11.8. The van der Waals surface area contributed by atoms with Gasteiger partial charge in [0.1, 0.15) is 0 Å². The molecule has 13 heavy (non-hydrogen) atoms. The van der Waals surface area contributed by atoms with Gasteiger partial charge in [-0.05, 0) is 0 Å². The van der Waals surface area contributed by atoms with Crippen LogP contribution in [-0.4, -0.2) is 3.90 Å². The Kier molecular flexibility index (Phi) is 24.8. The first kappa shape index (κ1) is 18.3. The molecule has 0 saturated carbocycles. The van der Waals surface area contributed by atoms with Crippen molar-refractivity contribution >= 4 is 3.90 Å².